The summed E-state index contributed by atoms with van der Waals surface area (Å²) in [5.41, 5.74) is 0.978. The smallest absolute Gasteiger partial charge is 0.241 e. The van der Waals surface area contributed by atoms with Gasteiger partial charge in [0, 0.05) is 6.54 Å². The second-order valence-electron chi connectivity index (χ2n) is 5.71. The highest BCUT2D eigenvalue weighted by Crippen LogP contribution is 2.36. The molecular formula is C16H20N2O. The van der Waals surface area contributed by atoms with Gasteiger partial charge in [0.15, 0.2) is 0 Å². The molecule has 0 aliphatic heterocycles. The van der Waals surface area contributed by atoms with E-state index in [1.807, 2.05) is 30.3 Å². The lowest BCUT2D eigenvalue weighted by Crippen LogP contribution is -2.36. The topological polar surface area (TPSA) is 52.9 Å². The molecule has 1 saturated carbocycles. The number of nitrogens with one attached hydrogen (secondary N) is 1. The summed E-state index contributed by atoms with van der Waals surface area (Å²) in [6.07, 6.45) is 4.81. The molecule has 1 aromatic carbocycles. The SMILES string of the molecule is CC1(CNC(=O)C(C#N)c2ccccc2)CCCC1. The van der Waals surface area contributed by atoms with Gasteiger partial charge in [0.05, 0.1) is 6.07 Å². The number of hydrogen-bond acceptors (Lipinski definition) is 2. The minimum absolute atomic E-state index is 0.179. The van der Waals surface area contributed by atoms with Gasteiger partial charge in [-0.1, -0.05) is 50.1 Å². The summed E-state index contributed by atoms with van der Waals surface area (Å²) < 4.78 is 0. The van der Waals surface area contributed by atoms with Gasteiger partial charge in [-0.3, -0.25) is 4.79 Å². The fraction of sp³-hybridized carbons (Fsp3) is 0.500. The summed E-state index contributed by atoms with van der Waals surface area (Å²) in [6, 6.07) is 11.3. The van der Waals surface area contributed by atoms with Gasteiger partial charge >= 0.3 is 0 Å². The molecule has 1 amide bonds. The van der Waals surface area contributed by atoms with Crippen molar-refractivity contribution in [3.63, 3.8) is 0 Å². The number of nitriles is 1. The number of nitrogens with zero attached hydrogens (tertiary/aromatic N) is 1. The first-order chi connectivity index (χ1) is 9.14. The van der Waals surface area contributed by atoms with E-state index in [0.717, 1.165) is 18.4 Å². The largest absolute Gasteiger partial charge is 0.354 e. The predicted octanol–water partition coefficient (Wildman–Crippen LogP) is 2.99. The van der Waals surface area contributed by atoms with Gasteiger partial charge in [0.1, 0.15) is 5.92 Å². The Hall–Kier alpha value is -1.82. The number of amides is 1. The Bertz CT molecular complexity index is 469. The lowest BCUT2D eigenvalue weighted by molar-refractivity contribution is -0.121. The summed E-state index contributed by atoms with van der Waals surface area (Å²) in [4.78, 5) is 12.1. The van der Waals surface area contributed by atoms with Crippen LogP contribution in [0.15, 0.2) is 30.3 Å². The minimum Gasteiger partial charge on any atom is -0.354 e. The van der Waals surface area contributed by atoms with Gasteiger partial charge in [0.25, 0.3) is 0 Å². The highest BCUT2D eigenvalue weighted by Gasteiger charge is 2.30. The van der Waals surface area contributed by atoms with E-state index in [0.29, 0.717) is 6.54 Å². The zero-order valence-corrected chi connectivity index (χ0v) is 11.4. The lowest BCUT2D eigenvalue weighted by Gasteiger charge is -2.24. The normalized spacial score (nSPS) is 18.5. The molecule has 1 N–H and O–H groups in total. The minimum atomic E-state index is -0.703. The Morgan fingerprint density at radius 1 is 1.37 bits per heavy atom. The predicted molar refractivity (Wildman–Crippen MR) is 74.4 cm³/mol. The maximum absolute atomic E-state index is 12.1. The average Bonchev–Trinajstić information content (AvgIpc) is 2.86. The van der Waals surface area contributed by atoms with E-state index >= 15 is 0 Å². The lowest BCUT2D eigenvalue weighted by atomic mass is 9.88. The highest BCUT2D eigenvalue weighted by atomic mass is 16.1. The molecule has 1 aromatic rings. The van der Waals surface area contributed by atoms with E-state index in [2.05, 4.69) is 18.3 Å². The molecule has 100 valence electrons. The molecule has 1 fully saturated rings. The third-order valence-electron chi connectivity index (χ3n) is 4.02. The van der Waals surface area contributed by atoms with Crippen molar-refractivity contribution >= 4 is 5.91 Å². The van der Waals surface area contributed by atoms with Crippen LogP contribution in [0.1, 0.15) is 44.1 Å². The van der Waals surface area contributed by atoms with Crippen LogP contribution in [0.4, 0.5) is 0 Å². The zero-order valence-electron chi connectivity index (χ0n) is 11.4. The highest BCUT2D eigenvalue weighted by molar-refractivity contribution is 5.86. The van der Waals surface area contributed by atoms with Crippen LogP contribution in [0.3, 0.4) is 0 Å². The molecule has 3 nitrogen and oxygen atoms in total. The van der Waals surface area contributed by atoms with Gasteiger partial charge in [0.2, 0.25) is 5.91 Å². The van der Waals surface area contributed by atoms with E-state index in [4.69, 9.17) is 0 Å². The Kier molecular flexibility index (Phi) is 4.21. The molecule has 19 heavy (non-hydrogen) atoms. The molecule has 0 bridgehead atoms. The van der Waals surface area contributed by atoms with Crippen LogP contribution >= 0.6 is 0 Å². The zero-order chi connectivity index (χ0) is 13.7. The number of hydrogen-bond donors (Lipinski definition) is 1. The van der Waals surface area contributed by atoms with Crippen LogP contribution < -0.4 is 5.32 Å². The second kappa shape index (κ2) is 5.88. The van der Waals surface area contributed by atoms with Crippen molar-refractivity contribution in [1.29, 1.82) is 5.26 Å². The third-order valence-corrected chi connectivity index (χ3v) is 4.02. The number of carbonyl (C=O) groups excluding carboxylic acids is 1. The third kappa shape index (κ3) is 3.35. The van der Waals surface area contributed by atoms with E-state index in [1.54, 1.807) is 0 Å². The van der Waals surface area contributed by atoms with Crippen molar-refractivity contribution in [3.8, 4) is 6.07 Å². The molecule has 0 radical (unpaired) electrons. The fourth-order valence-electron chi connectivity index (χ4n) is 2.74. The van der Waals surface area contributed by atoms with E-state index < -0.39 is 5.92 Å². The standard InChI is InChI=1S/C16H20N2O/c1-16(9-5-6-10-16)12-18-15(19)14(11-17)13-7-3-2-4-8-13/h2-4,7-8,14H,5-6,9-10,12H2,1H3,(H,18,19). The van der Waals surface area contributed by atoms with Gasteiger partial charge in [-0.2, -0.15) is 5.26 Å². The van der Waals surface area contributed by atoms with Crippen molar-refractivity contribution in [1.82, 2.24) is 5.32 Å². The second-order valence-corrected chi connectivity index (χ2v) is 5.71. The van der Waals surface area contributed by atoms with Crippen molar-refractivity contribution < 1.29 is 4.79 Å². The first-order valence-electron chi connectivity index (χ1n) is 6.87. The van der Waals surface area contributed by atoms with E-state index in [-0.39, 0.29) is 11.3 Å². The molecule has 0 spiro atoms. The average molecular weight is 256 g/mol. The Morgan fingerprint density at radius 3 is 2.58 bits per heavy atom. The van der Waals surface area contributed by atoms with Gasteiger partial charge < -0.3 is 5.32 Å². The summed E-state index contributed by atoms with van der Waals surface area (Å²) in [6.45, 7) is 2.89. The van der Waals surface area contributed by atoms with Gasteiger partial charge in [-0.05, 0) is 23.8 Å². The summed E-state index contributed by atoms with van der Waals surface area (Å²) >= 11 is 0. The van der Waals surface area contributed by atoms with E-state index in [1.165, 1.54) is 12.8 Å². The monoisotopic (exact) mass is 256 g/mol. The number of carbonyl (C=O) groups is 1. The van der Waals surface area contributed by atoms with Gasteiger partial charge in [-0.25, -0.2) is 0 Å². The Morgan fingerprint density at radius 2 is 2.00 bits per heavy atom. The summed E-state index contributed by atoms with van der Waals surface area (Å²) in [5, 5.41) is 12.1. The van der Waals surface area contributed by atoms with Crippen LogP contribution in [0.25, 0.3) is 0 Å². The number of rotatable bonds is 4. The molecule has 1 aliphatic carbocycles. The fourth-order valence-corrected chi connectivity index (χ4v) is 2.74. The molecule has 0 heterocycles. The van der Waals surface area contributed by atoms with Crippen molar-refractivity contribution in [3.05, 3.63) is 35.9 Å². The van der Waals surface area contributed by atoms with Crippen molar-refractivity contribution in [2.45, 2.75) is 38.5 Å². The quantitative estimate of drug-likeness (QED) is 0.900. The maximum Gasteiger partial charge on any atom is 0.241 e. The summed E-state index contributed by atoms with van der Waals surface area (Å²) in [5.74, 6) is -0.881. The van der Waals surface area contributed by atoms with Crippen molar-refractivity contribution in [2.75, 3.05) is 6.54 Å². The van der Waals surface area contributed by atoms with Crippen LogP contribution in [-0.2, 0) is 4.79 Å². The molecular weight excluding hydrogens is 236 g/mol. The van der Waals surface area contributed by atoms with Crippen LogP contribution in [0, 0.1) is 16.7 Å². The van der Waals surface area contributed by atoms with Gasteiger partial charge in [-0.15, -0.1) is 0 Å². The molecule has 1 atom stereocenters. The first kappa shape index (κ1) is 13.6. The summed E-state index contributed by atoms with van der Waals surface area (Å²) in [7, 11) is 0. The molecule has 1 aliphatic rings. The molecule has 3 heteroatoms. The number of benzene rings is 1. The van der Waals surface area contributed by atoms with Crippen LogP contribution in [-0.4, -0.2) is 12.5 Å². The molecule has 0 aromatic heterocycles. The van der Waals surface area contributed by atoms with Crippen LogP contribution in [0.5, 0.6) is 0 Å². The first-order valence-corrected chi connectivity index (χ1v) is 6.87. The Labute approximate surface area is 114 Å². The Balaban J connectivity index is 1.97. The molecule has 1 unspecified atom stereocenters. The molecule has 2 rings (SSSR count). The van der Waals surface area contributed by atoms with E-state index in [9.17, 15) is 10.1 Å². The van der Waals surface area contributed by atoms with Crippen LogP contribution in [0.2, 0.25) is 0 Å². The maximum atomic E-state index is 12.1. The molecule has 0 saturated heterocycles. The van der Waals surface area contributed by atoms with Crippen molar-refractivity contribution in [2.24, 2.45) is 5.41 Å².